The summed E-state index contributed by atoms with van der Waals surface area (Å²) in [7, 11) is 0. The highest BCUT2D eigenvalue weighted by Gasteiger charge is 2.15. The van der Waals surface area contributed by atoms with Gasteiger partial charge in [-0.2, -0.15) is 0 Å². The molecule has 0 spiro atoms. The molecular weight excluding hydrogens is 370 g/mol. The molecule has 1 fully saturated rings. The predicted molar refractivity (Wildman–Crippen MR) is 98.2 cm³/mol. The molecule has 1 aromatic carbocycles. The summed E-state index contributed by atoms with van der Waals surface area (Å²) >= 11 is 3.20. The van der Waals surface area contributed by atoms with Gasteiger partial charge < -0.3 is 14.6 Å². The van der Waals surface area contributed by atoms with E-state index in [1.54, 1.807) is 12.1 Å². The Morgan fingerprint density at radius 3 is 2.33 bits per heavy atom. The third-order valence-corrected chi connectivity index (χ3v) is 4.75. The topological polar surface area (TPSA) is 48.7 Å². The number of carbonyl (C=O) groups excluding carboxylic acids is 1. The second-order valence-corrected chi connectivity index (χ2v) is 6.75. The summed E-state index contributed by atoms with van der Waals surface area (Å²) in [4.78, 5) is 17.0. The van der Waals surface area contributed by atoms with Crippen molar-refractivity contribution in [3.8, 4) is 0 Å². The third kappa shape index (κ3) is 4.47. The number of rotatable bonds is 5. The van der Waals surface area contributed by atoms with Gasteiger partial charge in [0.1, 0.15) is 0 Å². The van der Waals surface area contributed by atoms with Gasteiger partial charge in [0.15, 0.2) is 10.4 Å². The van der Waals surface area contributed by atoms with Crippen molar-refractivity contribution in [2.45, 2.75) is 13.5 Å². The summed E-state index contributed by atoms with van der Waals surface area (Å²) in [5.41, 5.74) is 2.03. The molecule has 0 bridgehead atoms. The second kappa shape index (κ2) is 7.96. The van der Waals surface area contributed by atoms with Crippen molar-refractivity contribution in [2.75, 3.05) is 38.0 Å². The Kier molecular flexibility index (Phi) is 5.71. The van der Waals surface area contributed by atoms with Crippen LogP contribution >= 0.6 is 15.9 Å². The number of carbonyl (C=O) groups is 1. The quantitative estimate of drug-likeness (QED) is 0.847. The summed E-state index contributed by atoms with van der Waals surface area (Å²) in [5.74, 6) is 0.0453. The van der Waals surface area contributed by atoms with Crippen LogP contribution in [-0.2, 0) is 6.54 Å². The van der Waals surface area contributed by atoms with Gasteiger partial charge >= 0.3 is 0 Å². The monoisotopic (exact) mass is 391 g/mol. The van der Waals surface area contributed by atoms with Gasteiger partial charge in [0.2, 0.25) is 0 Å². The zero-order valence-corrected chi connectivity index (χ0v) is 15.4. The summed E-state index contributed by atoms with van der Waals surface area (Å²) in [6.07, 6.45) is 0. The van der Waals surface area contributed by atoms with E-state index in [-0.39, 0.29) is 5.91 Å². The summed E-state index contributed by atoms with van der Waals surface area (Å²) < 4.78 is 5.80. The minimum atomic E-state index is -0.246. The van der Waals surface area contributed by atoms with E-state index in [1.807, 2.05) is 12.1 Å². The van der Waals surface area contributed by atoms with E-state index in [4.69, 9.17) is 4.42 Å². The molecule has 0 atom stereocenters. The lowest BCUT2D eigenvalue weighted by Gasteiger charge is -2.34. The molecule has 6 heteroatoms. The molecule has 3 rings (SSSR count). The zero-order chi connectivity index (χ0) is 16.9. The molecule has 128 valence electrons. The Morgan fingerprint density at radius 1 is 1.08 bits per heavy atom. The lowest BCUT2D eigenvalue weighted by molar-refractivity contribution is 0.0995. The van der Waals surface area contributed by atoms with Crippen molar-refractivity contribution in [1.29, 1.82) is 0 Å². The highest BCUT2D eigenvalue weighted by molar-refractivity contribution is 9.10. The van der Waals surface area contributed by atoms with Crippen LogP contribution in [0.25, 0.3) is 0 Å². The van der Waals surface area contributed by atoms with Crippen LogP contribution in [-0.4, -0.2) is 48.4 Å². The summed E-state index contributed by atoms with van der Waals surface area (Å²) in [6, 6.07) is 11.4. The largest absolute Gasteiger partial charge is 0.444 e. The van der Waals surface area contributed by atoms with Gasteiger partial charge in [-0.25, -0.2) is 0 Å². The Bertz CT molecular complexity index is 676. The summed E-state index contributed by atoms with van der Waals surface area (Å²) in [6.45, 7) is 8.81. The van der Waals surface area contributed by atoms with Crippen LogP contribution in [0.1, 0.15) is 23.0 Å². The number of benzene rings is 1. The highest BCUT2D eigenvalue weighted by Crippen LogP contribution is 2.17. The Labute approximate surface area is 150 Å². The fourth-order valence-corrected chi connectivity index (χ4v) is 3.15. The lowest BCUT2D eigenvalue weighted by atomic mass is 10.1. The van der Waals surface area contributed by atoms with Crippen molar-refractivity contribution in [1.82, 2.24) is 9.80 Å². The van der Waals surface area contributed by atoms with E-state index in [0.717, 1.165) is 45.0 Å². The standard InChI is InChI=1S/C18H22BrN3O2/c1-2-21-9-11-22(12-10-21)13-14-3-5-15(6-4-14)20-18(23)16-7-8-17(19)24-16/h3-8H,2,9-13H2,1H3,(H,20,23). The molecule has 1 aliphatic heterocycles. The van der Waals surface area contributed by atoms with Crippen LogP contribution in [0.5, 0.6) is 0 Å². The van der Waals surface area contributed by atoms with Crippen molar-refractivity contribution in [2.24, 2.45) is 0 Å². The SMILES string of the molecule is CCN1CCN(Cc2ccc(NC(=O)c3ccc(Br)o3)cc2)CC1. The maximum absolute atomic E-state index is 12.0. The lowest BCUT2D eigenvalue weighted by Crippen LogP contribution is -2.45. The molecule has 1 aliphatic rings. The smallest absolute Gasteiger partial charge is 0.291 e. The van der Waals surface area contributed by atoms with Crippen LogP contribution in [0.3, 0.4) is 0 Å². The molecule has 0 unspecified atom stereocenters. The molecule has 1 aromatic heterocycles. The van der Waals surface area contributed by atoms with E-state index in [2.05, 4.69) is 50.1 Å². The maximum Gasteiger partial charge on any atom is 0.291 e. The van der Waals surface area contributed by atoms with Gasteiger partial charge in [-0.1, -0.05) is 19.1 Å². The van der Waals surface area contributed by atoms with Gasteiger partial charge in [0.25, 0.3) is 5.91 Å². The molecule has 1 N–H and O–H groups in total. The van der Waals surface area contributed by atoms with Gasteiger partial charge in [-0.15, -0.1) is 0 Å². The predicted octanol–water partition coefficient (Wildman–Crippen LogP) is 3.43. The number of hydrogen-bond acceptors (Lipinski definition) is 4. The van der Waals surface area contributed by atoms with Gasteiger partial charge in [-0.05, 0) is 52.3 Å². The molecule has 0 aliphatic carbocycles. The number of nitrogens with zero attached hydrogens (tertiary/aromatic N) is 2. The molecule has 2 heterocycles. The number of anilines is 1. The number of likely N-dealkylation sites (N-methyl/N-ethyl adjacent to an activating group) is 1. The molecule has 1 amide bonds. The normalized spacial score (nSPS) is 16.2. The molecule has 0 radical (unpaired) electrons. The van der Waals surface area contributed by atoms with Crippen LogP contribution in [0, 0.1) is 0 Å². The zero-order valence-electron chi connectivity index (χ0n) is 13.8. The number of halogens is 1. The van der Waals surface area contributed by atoms with E-state index in [1.165, 1.54) is 5.56 Å². The van der Waals surface area contributed by atoms with Gasteiger partial charge in [0.05, 0.1) is 0 Å². The second-order valence-electron chi connectivity index (χ2n) is 5.97. The first-order valence-corrected chi connectivity index (χ1v) is 9.03. The van der Waals surface area contributed by atoms with Crippen molar-refractivity contribution in [3.63, 3.8) is 0 Å². The minimum Gasteiger partial charge on any atom is -0.444 e. The third-order valence-electron chi connectivity index (χ3n) is 4.33. The molecule has 2 aromatic rings. The van der Waals surface area contributed by atoms with Crippen LogP contribution in [0.4, 0.5) is 5.69 Å². The molecule has 0 saturated carbocycles. The van der Waals surface area contributed by atoms with Gasteiger partial charge in [-0.3, -0.25) is 9.69 Å². The molecule has 1 saturated heterocycles. The Balaban J connectivity index is 1.53. The van der Waals surface area contributed by atoms with Crippen molar-refractivity contribution >= 4 is 27.5 Å². The van der Waals surface area contributed by atoms with E-state index < -0.39 is 0 Å². The Morgan fingerprint density at radius 2 is 1.75 bits per heavy atom. The Hall–Kier alpha value is -1.63. The van der Waals surface area contributed by atoms with E-state index in [9.17, 15) is 4.79 Å². The van der Waals surface area contributed by atoms with Gasteiger partial charge in [0, 0.05) is 38.4 Å². The molecular formula is C18H22BrN3O2. The minimum absolute atomic E-state index is 0.246. The summed E-state index contributed by atoms with van der Waals surface area (Å²) in [5, 5.41) is 2.84. The fraction of sp³-hybridized carbons (Fsp3) is 0.389. The first kappa shape index (κ1) is 17.2. The number of nitrogens with one attached hydrogen (secondary N) is 1. The molecule has 5 nitrogen and oxygen atoms in total. The van der Waals surface area contributed by atoms with Crippen LogP contribution < -0.4 is 5.32 Å². The number of amides is 1. The highest BCUT2D eigenvalue weighted by atomic mass is 79.9. The van der Waals surface area contributed by atoms with Crippen LogP contribution in [0.15, 0.2) is 45.5 Å². The number of hydrogen-bond donors (Lipinski definition) is 1. The van der Waals surface area contributed by atoms with Crippen LogP contribution in [0.2, 0.25) is 0 Å². The first-order chi connectivity index (χ1) is 11.6. The number of piperazine rings is 1. The van der Waals surface area contributed by atoms with Crippen molar-refractivity contribution < 1.29 is 9.21 Å². The van der Waals surface area contributed by atoms with Crippen molar-refractivity contribution in [3.05, 3.63) is 52.4 Å². The first-order valence-electron chi connectivity index (χ1n) is 8.24. The average Bonchev–Trinajstić information content (AvgIpc) is 3.04. The molecule has 24 heavy (non-hydrogen) atoms. The van der Waals surface area contributed by atoms with E-state index in [0.29, 0.717) is 10.4 Å². The number of furan rings is 1. The average molecular weight is 392 g/mol. The maximum atomic E-state index is 12.0. The van der Waals surface area contributed by atoms with E-state index >= 15 is 0 Å². The fourth-order valence-electron chi connectivity index (χ4n) is 2.84.